The normalized spacial score (nSPS) is 39.1. The average Bonchev–Trinajstić information content (AvgIpc) is 2.02. The summed E-state index contributed by atoms with van der Waals surface area (Å²) in [5.74, 6) is 0.412. The fourth-order valence-corrected chi connectivity index (χ4v) is 2.37. The summed E-state index contributed by atoms with van der Waals surface area (Å²) in [6, 6.07) is 0. The molecule has 0 saturated carbocycles. The van der Waals surface area contributed by atoms with E-state index in [1.807, 2.05) is 0 Å². The van der Waals surface area contributed by atoms with Gasteiger partial charge in [0.25, 0.3) is 0 Å². The molecule has 0 radical (unpaired) electrons. The Labute approximate surface area is 72.1 Å². The third-order valence-corrected chi connectivity index (χ3v) is 2.99. The molecule has 1 aliphatic heterocycles. The third-order valence-electron chi connectivity index (χ3n) is 2.13. The Morgan fingerprint density at radius 3 is 2.91 bits per heavy atom. The molecule has 1 heterocycles. The van der Waals surface area contributed by atoms with Gasteiger partial charge in [-0.1, -0.05) is 5.57 Å². The predicted octanol–water partition coefficient (Wildman–Crippen LogP) is 1.55. The van der Waals surface area contributed by atoms with Crippen LogP contribution in [-0.2, 0) is 15.3 Å². The van der Waals surface area contributed by atoms with Gasteiger partial charge in [0.15, 0.2) is 11.1 Å². The van der Waals surface area contributed by atoms with E-state index < -0.39 is 17.6 Å². The summed E-state index contributed by atoms with van der Waals surface area (Å²) in [5, 5.41) is 0. The van der Waals surface area contributed by atoms with Crippen LogP contribution in [0.25, 0.3) is 0 Å². The Kier molecular flexibility index (Phi) is 1.53. The molecule has 0 aromatic heterocycles. The maximum absolute atomic E-state index is 11.1. The first-order valence-electron chi connectivity index (χ1n) is 4.89. The highest BCUT2D eigenvalue weighted by atomic mass is 32.2. The van der Waals surface area contributed by atoms with E-state index in [0.717, 1.165) is 36.8 Å². The molecule has 0 aromatic carbocycles. The SMILES string of the molecule is [2H]C1([2H])OS(=O)CC2=C1CCCC2. The third kappa shape index (κ3) is 1.54. The van der Waals surface area contributed by atoms with Crippen LogP contribution in [-0.4, -0.2) is 16.5 Å². The molecule has 1 aliphatic carbocycles. The largest absolute Gasteiger partial charge is 0.286 e. The van der Waals surface area contributed by atoms with Crippen molar-refractivity contribution in [3.8, 4) is 0 Å². The summed E-state index contributed by atoms with van der Waals surface area (Å²) in [6.07, 6.45) is 3.77. The van der Waals surface area contributed by atoms with Gasteiger partial charge in [0, 0.05) is 0 Å². The van der Waals surface area contributed by atoms with Crippen LogP contribution < -0.4 is 0 Å². The van der Waals surface area contributed by atoms with Gasteiger partial charge in [-0.05, 0) is 31.3 Å². The second kappa shape index (κ2) is 3.07. The summed E-state index contributed by atoms with van der Waals surface area (Å²) < 4.78 is 31.1. The van der Waals surface area contributed by atoms with E-state index in [9.17, 15) is 4.21 Å². The van der Waals surface area contributed by atoms with Crippen molar-refractivity contribution < 1.29 is 11.1 Å². The molecule has 0 saturated heterocycles. The van der Waals surface area contributed by atoms with Gasteiger partial charge in [0.2, 0.25) is 0 Å². The Balaban J connectivity index is 2.36. The predicted molar refractivity (Wildman–Crippen MR) is 44.5 cm³/mol. The summed E-state index contributed by atoms with van der Waals surface area (Å²) in [4.78, 5) is 0. The van der Waals surface area contributed by atoms with E-state index in [4.69, 9.17) is 6.92 Å². The second-order valence-corrected chi connectivity index (χ2v) is 3.99. The molecule has 0 bridgehead atoms. The number of hydrogen-bond donors (Lipinski definition) is 0. The van der Waals surface area contributed by atoms with Crippen LogP contribution in [0.4, 0.5) is 0 Å². The van der Waals surface area contributed by atoms with Gasteiger partial charge < -0.3 is 0 Å². The highest BCUT2D eigenvalue weighted by Crippen LogP contribution is 2.28. The van der Waals surface area contributed by atoms with E-state index in [1.54, 1.807) is 0 Å². The molecule has 2 nitrogen and oxygen atoms in total. The first-order chi connectivity index (χ1) is 6.09. The van der Waals surface area contributed by atoms with Crippen LogP contribution >= 0.6 is 0 Å². The maximum atomic E-state index is 11.1. The minimum Gasteiger partial charge on any atom is -0.286 e. The maximum Gasteiger partial charge on any atom is 0.159 e. The summed E-state index contributed by atoms with van der Waals surface area (Å²) in [6.45, 7) is -1.78. The molecule has 0 spiro atoms. The quantitative estimate of drug-likeness (QED) is 0.521. The molecular weight excluding hydrogens is 160 g/mol. The Morgan fingerprint density at radius 2 is 2.09 bits per heavy atom. The molecule has 1 unspecified atom stereocenters. The van der Waals surface area contributed by atoms with Crippen molar-refractivity contribution in [2.75, 3.05) is 12.3 Å². The zero-order valence-electron chi connectivity index (χ0n) is 8.26. The number of hydrogen-bond acceptors (Lipinski definition) is 2. The first kappa shape index (κ1) is 5.49. The van der Waals surface area contributed by atoms with Gasteiger partial charge in [0.05, 0.1) is 15.1 Å². The van der Waals surface area contributed by atoms with Gasteiger partial charge in [0.1, 0.15) is 0 Å². The Bertz CT molecular complexity index is 286. The fraction of sp³-hybridized carbons (Fsp3) is 0.750. The zero-order valence-corrected chi connectivity index (χ0v) is 7.08. The molecule has 11 heavy (non-hydrogen) atoms. The van der Waals surface area contributed by atoms with Crippen LogP contribution in [0.1, 0.15) is 28.4 Å². The molecule has 1 atom stereocenters. The van der Waals surface area contributed by atoms with E-state index in [-0.39, 0.29) is 0 Å². The van der Waals surface area contributed by atoms with Crippen molar-refractivity contribution in [2.24, 2.45) is 0 Å². The van der Waals surface area contributed by atoms with E-state index in [2.05, 4.69) is 0 Å². The summed E-state index contributed by atoms with van der Waals surface area (Å²) in [7, 11) is 0. The van der Waals surface area contributed by atoms with Gasteiger partial charge in [-0.3, -0.25) is 4.18 Å². The topological polar surface area (TPSA) is 26.3 Å². The van der Waals surface area contributed by atoms with Crippen molar-refractivity contribution in [3.05, 3.63) is 11.1 Å². The molecule has 62 valence electrons. The first-order valence-corrected chi connectivity index (χ1v) is 5.13. The molecule has 3 heteroatoms. The van der Waals surface area contributed by atoms with Gasteiger partial charge in [-0.2, -0.15) is 0 Å². The van der Waals surface area contributed by atoms with Gasteiger partial charge >= 0.3 is 0 Å². The molecular formula is C8H12O2S. The lowest BCUT2D eigenvalue weighted by Crippen LogP contribution is -2.19. The Morgan fingerprint density at radius 1 is 1.36 bits per heavy atom. The summed E-state index contributed by atoms with van der Waals surface area (Å²) in [5.41, 5.74) is 1.78. The van der Waals surface area contributed by atoms with Crippen molar-refractivity contribution in [1.29, 1.82) is 0 Å². The van der Waals surface area contributed by atoms with Crippen LogP contribution in [0.3, 0.4) is 0 Å². The molecule has 0 N–H and O–H groups in total. The molecule has 0 aromatic rings. The smallest absolute Gasteiger partial charge is 0.159 e. The van der Waals surface area contributed by atoms with Crippen LogP contribution in [0.2, 0.25) is 0 Å². The van der Waals surface area contributed by atoms with Crippen molar-refractivity contribution in [3.63, 3.8) is 0 Å². The van der Waals surface area contributed by atoms with Crippen molar-refractivity contribution in [2.45, 2.75) is 25.7 Å². The second-order valence-electron chi connectivity index (χ2n) is 2.92. The minimum absolute atomic E-state index is 0.412. The standard InChI is InChI=1S/C8H12O2S/c9-11-6-8-4-2-1-3-7(8)5-10-11/h1-6H2/i5D2. The van der Waals surface area contributed by atoms with Crippen LogP contribution in [0, 0.1) is 0 Å². The van der Waals surface area contributed by atoms with Crippen molar-refractivity contribution in [1.82, 2.24) is 0 Å². The van der Waals surface area contributed by atoms with E-state index >= 15 is 0 Å². The monoisotopic (exact) mass is 174 g/mol. The van der Waals surface area contributed by atoms with E-state index in [1.165, 1.54) is 0 Å². The van der Waals surface area contributed by atoms with E-state index in [0.29, 0.717) is 5.75 Å². The molecule has 2 aliphatic rings. The lowest BCUT2D eigenvalue weighted by Gasteiger charge is -2.23. The molecule has 0 fully saturated rings. The zero-order chi connectivity index (χ0) is 9.47. The average molecular weight is 174 g/mol. The number of rotatable bonds is 0. The lowest BCUT2D eigenvalue weighted by atomic mass is 9.93. The van der Waals surface area contributed by atoms with Crippen LogP contribution in [0.15, 0.2) is 11.1 Å². The summed E-state index contributed by atoms with van der Waals surface area (Å²) >= 11 is -1.46. The van der Waals surface area contributed by atoms with Crippen LogP contribution in [0.5, 0.6) is 0 Å². The van der Waals surface area contributed by atoms with Crippen molar-refractivity contribution >= 4 is 11.1 Å². The van der Waals surface area contributed by atoms with Gasteiger partial charge in [-0.15, -0.1) is 0 Å². The molecule has 2 rings (SSSR count). The highest BCUT2D eigenvalue weighted by Gasteiger charge is 2.20. The van der Waals surface area contributed by atoms with Gasteiger partial charge in [-0.25, -0.2) is 4.21 Å². The minimum atomic E-state index is -1.78. The lowest BCUT2D eigenvalue weighted by molar-refractivity contribution is 0.362. The highest BCUT2D eigenvalue weighted by molar-refractivity contribution is 7.80. The Hall–Kier alpha value is -0.150. The fourth-order valence-electron chi connectivity index (χ4n) is 1.52. The molecule has 0 amide bonds.